The van der Waals surface area contributed by atoms with E-state index in [0.717, 1.165) is 0 Å². The molecule has 9 heteroatoms. The summed E-state index contributed by atoms with van der Waals surface area (Å²) in [5.41, 5.74) is 3.08. The van der Waals surface area contributed by atoms with Crippen LogP contribution in [0.2, 0.25) is 0 Å². The van der Waals surface area contributed by atoms with Crippen LogP contribution in [-0.2, 0) is 9.47 Å². The minimum Gasteiger partial charge on any atom is -0.385 e. The van der Waals surface area contributed by atoms with Crippen molar-refractivity contribution >= 4 is 5.96 Å². The summed E-state index contributed by atoms with van der Waals surface area (Å²) in [6.07, 6.45) is -4.24. The van der Waals surface area contributed by atoms with Crippen LogP contribution in [0.4, 0.5) is 0 Å². The summed E-state index contributed by atoms with van der Waals surface area (Å²) in [4.78, 5) is 3.82. The number of ether oxygens (including phenoxy) is 2. The molecule has 0 aromatic carbocycles. The summed E-state index contributed by atoms with van der Waals surface area (Å²) < 4.78 is 10.6. The van der Waals surface area contributed by atoms with E-state index < -0.39 is 47.6 Å². The standard InChI is InChI=1S/C11H17N3O6/c1-9(17)3-2-10-4(6(15)13-8(12)14-10)5(9)20-11(18,19-3)7(10)16/h3-7,15-18H,2H2,1H3,(H3,12,13,14)/t3-,4?,5+,6?,7-,9+,10+,11-/m0/s1. The first-order chi connectivity index (χ1) is 9.21. The van der Waals surface area contributed by atoms with E-state index in [2.05, 4.69) is 10.3 Å². The quantitative estimate of drug-likeness (QED) is 0.269. The lowest BCUT2D eigenvalue weighted by atomic mass is 9.57. The Morgan fingerprint density at radius 2 is 2.05 bits per heavy atom. The third-order valence-corrected chi connectivity index (χ3v) is 5.07. The molecule has 4 bridgehead atoms. The van der Waals surface area contributed by atoms with Crippen LogP contribution in [-0.4, -0.2) is 68.0 Å². The number of guanidine groups is 1. The zero-order valence-electron chi connectivity index (χ0n) is 10.7. The normalized spacial score (nSPS) is 63.6. The summed E-state index contributed by atoms with van der Waals surface area (Å²) in [5.74, 6) is -3.00. The average Bonchev–Trinajstić information content (AvgIpc) is 2.29. The Bertz CT molecular complexity index is 512. The molecule has 2 unspecified atom stereocenters. The average molecular weight is 287 g/mol. The van der Waals surface area contributed by atoms with Gasteiger partial charge in [0.2, 0.25) is 0 Å². The smallest absolute Gasteiger partial charge is 0.311 e. The summed E-state index contributed by atoms with van der Waals surface area (Å²) in [7, 11) is 0. The SMILES string of the molecule is C[C@@]1(O)[C@@H]2C[C@@]34NC(N)=NC(O)C3[C@H]1O[C@@](O)(O2)[C@H]4O. The van der Waals surface area contributed by atoms with E-state index in [9.17, 15) is 20.4 Å². The van der Waals surface area contributed by atoms with E-state index in [0.29, 0.717) is 0 Å². The zero-order chi connectivity index (χ0) is 14.5. The van der Waals surface area contributed by atoms with Gasteiger partial charge in [0.25, 0.3) is 0 Å². The van der Waals surface area contributed by atoms with Gasteiger partial charge in [-0.05, 0) is 6.92 Å². The molecule has 9 nitrogen and oxygen atoms in total. The van der Waals surface area contributed by atoms with Crippen LogP contribution in [0.5, 0.6) is 0 Å². The molecule has 0 amide bonds. The maximum Gasteiger partial charge on any atom is 0.311 e. The maximum atomic E-state index is 10.6. The molecular formula is C11H17N3O6. The molecule has 1 aliphatic carbocycles. The second kappa shape index (κ2) is 3.26. The lowest BCUT2D eigenvalue weighted by Crippen LogP contribution is -2.90. The summed E-state index contributed by atoms with van der Waals surface area (Å²) in [5, 5.41) is 44.3. The number of nitrogens with zero attached hydrogens (tertiary/aromatic N) is 1. The van der Waals surface area contributed by atoms with Crippen LogP contribution in [0.3, 0.4) is 0 Å². The van der Waals surface area contributed by atoms with Gasteiger partial charge in [0.05, 0.1) is 17.6 Å². The van der Waals surface area contributed by atoms with Crippen molar-refractivity contribution in [2.24, 2.45) is 16.6 Å². The summed E-state index contributed by atoms with van der Waals surface area (Å²) in [6.45, 7) is 1.51. The van der Waals surface area contributed by atoms with Gasteiger partial charge in [-0.25, -0.2) is 4.99 Å². The molecule has 1 spiro atoms. The molecule has 5 aliphatic rings. The van der Waals surface area contributed by atoms with E-state index in [1.165, 1.54) is 6.92 Å². The maximum absolute atomic E-state index is 10.6. The first-order valence-corrected chi connectivity index (χ1v) is 6.49. The van der Waals surface area contributed by atoms with Crippen LogP contribution in [0.15, 0.2) is 4.99 Å². The minimum atomic E-state index is -2.23. The van der Waals surface area contributed by atoms with Gasteiger partial charge in [-0.3, -0.25) is 0 Å². The highest BCUT2D eigenvalue weighted by molar-refractivity contribution is 5.80. The molecule has 0 radical (unpaired) electrons. The van der Waals surface area contributed by atoms with Crippen LogP contribution in [0.1, 0.15) is 13.3 Å². The Kier molecular flexibility index (Phi) is 2.08. The number of hydrogen-bond donors (Lipinski definition) is 6. The number of hydrogen-bond acceptors (Lipinski definition) is 9. The lowest BCUT2D eigenvalue weighted by molar-refractivity contribution is -0.532. The fourth-order valence-corrected chi connectivity index (χ4v) is 4.10. The second-order valence-electron chi connectivity index (χ2n) is 6.23. The zero-order valence-corrected chi connectivity index (χ0v) is 10.7. The first-order valence-electron chi connectivity index (χ1n) is 6.49. The topological polar surface area (TPSA) is 150 Å². The molecule has 0 aromatic rings. The largest absolute Gasteiger partial charge is 0.385 e. The predicted octanol–water partition coefficient (Wildman–Crippen LogP) is -3.46. The summed E-state index contributed by atoms with van der Waals surface area (Å²) in [6, 6.07) is 0. The predicted molar refractivity (Wildman–Crippen MR) is 62.9 cm³/mol. The molecule has 0 aromatic heterocycles. The van der Waals surface area contributed by atoms with Crippen molar-refractivity contribution < 1.29 is 29.9 Å². The Labute approximate surface area is 114 Å². The van der Waals surface area contributed by atoms with Gasteiger partial charge in [-0.2, -0.15) is 0 Å². The van der Waals surface area contributed by atoms with Crippen LogP contribution < -0.4 is 11.1 Å². The van der Waals surface area contributed by atoms with Crippen molar-refractivity contribution in [2.45, 2.75) is 55.0 Å². The van der Waals surface area contributed by atoms with E-state index in [1.54, 1.807) is 0 Å². The molecule has 5 rings (SSSR count). The molecule has 1 saturated carbocycles. The Hall–Kier alpha value is -0.970. The first kappa shape index (κ1) is 12.7. The highest BCUT2D eigenvalue weighted by Gasteiger charge is 2.78. The van der Waals surface area contributed by atoms with E-state index in [1.807, 2.05) is 0 Å². The van der Waals surface area contributed by atoms with E-state index in [4.69, 9.17) is 15.2 Å². The fourth-order valence-electron chi connectivity index (χ4n) is 4.10. The summed E-state index contributed by atoms with van der Waals surface area (Å²) >= 11 is 0. The van der Waals surface area contributed by atoms with Gasteiger partial charge in [-0.15, -0.1) is 0 Å². The van der Waals surface area contributed by atoms with Crippen molar-refractivity contribution in [3.63, 3.8) is 0 Å². The number of aliphatic hydroxyl groups is 4. The third-order valence-electron chi connectivity index (χ3n) is 5.07. The van der Waals surface area contributed by atoms with Gasteiger partial charge in [-0.1, -0.05) is 0 Å². The van der Waals surface area contributed by atoms with Crippen molar-refractivity contribution in [3.8, 4) is 0 Å². The van der Waals surface area contributed by atoms with Gasteiger partial charge >= 0.3 is 5.97 Å². The lowest BCUT2D eigenvalue weighted by Gasteiger charge is -2.69. The molecule has 7 N–H and O–H groups in total. The third kappa shape index (κ3) is 1.17. The molecule has 20 heavy (non-hydrogen) atoms. The minimum absolute atomic E-state index is 0.0296. The molecule has 3 saturated heterocycles. The molecular weight excluding hydrogens is 270 g/mol. The number of nitrogens with one attached hydrogen (secondary N) is 1. The second-order valence-corrected chi connectivity index (χ2v) is 6.23. The monoisotopic (exact) mass is 287 g/mol. The van der Waals surface area contributed by atoms with Gasteiger partial charge in [0, 0.05) is 6.42 Å². The van der Waals surface area contributed by atoms with E-state index in [-0.39, 0.29) is 12.4 Å². The molecule has 4 aliphatic heterocycles. The van der Waals surface area contributed by atoms with Gasteiger partial charge in [0.15, 0.2) is 18.3 Å². The van der Waals surface area contributed by atoms with E-state index >= 15 is 0 Å². The van der Waals surface area contributed by atoms with Crippen LogP contribution in [0.25, 0.3) is 0 Å². The van der Waals surface area contributed by atoms with Crippen molar-refractivity contribution in [1.82, 2.24) is 5.32 Å². The number of rotatable bonds is 0. The Morgan fingerprint density at radius 3 is 2.75 bits per heavy atom. The fraction of sp³-hybridized carbons (Fsp3) is 0.909. The highest BCUT2D eigenvalue weighted by atomic mass is 16.9. The molecule has 4 fully saturated rings. The van der Waals surface area contributed by atoms with Gasteiger partial charge in [0.1, 0.15) is 11.7 Å². The molecule has 4 heterocycles. The molecule has 112 valence electrons. The highest BCUT2D eigenvalue weighted by Crippen LogP contribution is 2.58. The Balaban J connectivity index is 1.90. The molecule has 8 atom stereocenters. The van der Waals surface area contributed by atoms with Crippen molar-refractivity contribution in [1.29, 1.82) is 0 Å². The Morgan fingerprint density at radius 1 is 1.35 bits per heavy atom. The van der Waals surface area contributed by atoms with Crippen molar-refractivity contribution in [2.75, 3.05) is 0 Å². The number of aliphatic imine (C=N–C) groups is 1. The number of nitrogens with two attached hydrogens (primary N) is 1. The van der Waals surface area contributed by atoms with Crippen LogP contribution in [0, 0.1) is 5.92 Å². The van der Waals surface area contributed by atoms with Crippen molar-refractivity contribution in [3.05, 3.63) is 0 Å². The van der Waals surface area contributed by atoms with Crippen LogP contribution >= 0.6 is 0 Å². The number of aliphatic hydroxyl groups excluding tert-OH is 2. The van der Waals surface area contributed by atoms with Gasteiger partial charge < -0.3 is 41.0 Å².